The van der Waals surface area contributed by atoms with Crippen molar-refractivity contribution in [3.05, 3.63) is 17.7 Å². The van der Waals surface area contributed by atoms with Gasteiger partial charge >= 0.3 is 0 Å². The van der Waals surface area contributed by atoms with E-state index in [4.69, 9.17) is 11.5 Å². The van der Waals surface area contributed by atoms with Crippen LogP contribution in [-0.4, -0.2) is 4.98 Å². The predicted molar refractivity (Wildman–Crippen MR) is 56.3 cm³/mol. The molecule has 0 aliphatic carbocycles. The lowest BCUT2D eigenvalue weighted by Gasteiger charge is -2.04. The van der Waals surface area contributed by atoms with E-state index in [0.29, 0.717) is 11.6 Å². The standard InChI is InChI=1S/C10H17N3/c1-2-3-4-5-8-6-7-9(11)13-10(8)12/h6-7H,2-5H2,1H3,(H4,11,12,13). The third-order valence-corrected chi connectivity index (χ3v) is 2.08. The van der Waals surface area contributed by atoms with Crippen molar-refractivity contribution in [3.8, 4) is 0 Å². The highest BCUT2D eigenvalue weighted by atomic mass is 14.9. The maximum absolute atomic E-state index is 5.71. The summed E-state index contributed by atoms with van der Waals surface area (Å²) in [5, 5.41) is 0. The normalized spacial score (nSPS) is 10.2. The first kappa shape index (κ1) is 9.84. The van der Waals surface area contributed by atoms with Gasteiger partial charge in [-0.05, 0) is 24.5 Å². The molecule has 3 heteroatoms. The third kappa shape index (κ3) is 2.93. The summed E-state index contributed by atoms with van der Waals surface area (Å²) in [6.07, 6.45) is 4.64. The lowest BCUT2D eigenvalue weighted by atomic mass is 10.1. The number of nitrogen functional groups attached to an aromatic ring is 2. The van der Waals surface area contributed by atoms with Crippen molar-refractivity contribution < 1.29 is 0 Å². The number of hydrogen-bond acceptors (Lipinski definition) is 3. The summed E-state index contributed by atoms with van der Waals surface area (Å²) in [4.78, 5) is 4.01. The average Bonchev–Trinajstić information content (AvgIpc) is 2.09. The molecule has 0 radical (unpaired) electrons. The highest BCUT2D eigenvalue weighted by molar-refractivity contribution is 5.46. The Morgan fingerprint density at radius 3 is 2.62 bits per heavy atom. The summed E-state index contributed by atoms with van der Waals surface area (Å²) in [5.74, 6) is 1.08. The van der Waals surface area contributed by atoms with Crippen LogP contribution in [0.1, 0.15) is 31.7 Å². The number of rotatable bonds is 4. The van der Waals surface area contributed by atoms with Crippen LogP contribution < -0.4 is 11.5 Å². The molecule has 0 saturated heterocycles. The van der Waals surface area contributed by atoms with Crippen LogP contribution in [0, 0.1) is 0 Å². The molecule has 0 aromatic carbocycles. The van der Waals surface area contributed by atoms with E-state index in [1.54, 1.807) is 6.07 Å². The average molecular weight is 179 g/mol. The Balaban J connectivity index is 2.56. The van der Waals surface area contributed by atoms with E-state index in [9.17, 15) is 0 Å². The van der Waals surface area contributed by atoms with Gasteiger partial charge in [-0.3, -0.25) is 0 Å². The minimum atomic E-state index is 0.497. The SMILES string of the molecule is CCCCCc1ccc(N)nc1N. The summed E-state index contributed by atoms with van der Waals surface area (Å²) in [6.45, 7) is 2.19. The lowest BCUT2D eigenvalue weighted by molar-refractivity contribution is 0.717. The van der Waals surface area contributed by atoms with Crippen LogP contribution in [0.3, 0.4) is 0 Å². The van der Waals surface area contributed by atoms with E-state index >= 15 is 0 Å². The van der Waals surface area contributed by atoms with E-state index in [0.717, 1.165) is 12.0 Å². The second-order valence-electron chi connectivity index (χ2n) is 3.24. The van der Waals surface area contributed by atoms with Crippen molar-refractivity contribution in [3.63, 3.8) is 0 Å². The summed E-state index contributed by atoms with van der Waals surface area (Å²) >= 11 is 0. The molecule has 1 rings (SSSR count). The Hall–Kier alpha value is -1.25. The lowest BCUT2D eigenvalue weighted by Crippen LogP contribution is -2.00. The van der Waals surface area contributed by atoms with Gasteiger partial charge < -0.3 is 11.5 Å². The Kier molecular flexibility index (Phi) is 3.55. The molecule has 0 bridgehead atoms. The van der Waals surface area contributed by atoms with Crippen molar-refractivity contribution in [2.45, 2.75) is 32.6 Å². The Labute approximate surface area is 79.2 Å². The van der Waals surface area contributed by atoms with Crippen molar-refractivity contribution in [1.82, 2.24) is 4.98 Å². The summed E-state index contributed by atoms with van der Waals surface area (Å²) in [5.41, 5.74) is 12.3. The maximum atomic E-state index is 5.71. The van der Waals surface area contributed by atoms with Crippen LogP contribution in [0.2, 0.25) is 0 Å². The highest BCUT2D eigenvalue weighted by Crippen LogP contribution is 2.14. The number of aromatic nitrogens is 1. The van der Waals surface area contributed by atoms with Gasteiger partial charge in [0.25, 0.3) is 0 Å². The van der Waals surface area contributed by atoms with Gasteiger partial charge in [-0.1, -0.05) is 25.8 Å². The second-order valence-corrected chi connectivity index (χ2v) is 3.24. The van der Waals surface area contributed by atoms with E-state index in [1.165, 1.54) is 19.3 Å². The maximum Gasteiger partial charge on any atom is 0.128 e. The van der Waals surface area contributed by atoms with Gasteiger partial charge in [0, 0.05) is 0 Å². The van der Waals surface area contributed by atoms with Crippen LogP contribution in [0.4, 0.5) is 11.6 Å². The first-order valence-corrected chi connectivity index (χ1v) is 4.75. The molecule has 3 nitrogen and oxygen atoms in total. The monoisotopic (exact) mass is 179 g/mol. The van der Waals surface area contributed by atoms with E-state index in [1.807, 2.05) is 6.07 Å². The molecule has 1 aromatic heterocycles. The molecule has 0 aliphatic rings. The smallest absolute Gasteiger partial charge is 0.128 e. The number of nitrogens with two attached hydrogens (primary N) is 2. The number of aryl methyl sites for hydroxylation is 1. The molecule has 0 unspecified atom stereocenters. The molecule has 0 spiro atoms. The van der Waals surface area contributed by atoms with Gasteiger partial charge in [0.2, 0.25) is 0 Å². The fourth-order valence-electron chi connectivity index (χ4n) is 1.30. The topological polar surface area (TPSA) is 64.9 Å². The molecule has 72 valence electrons. The zero-order chi connectivity index (χ0) is 9.68. The molecule has 0 aliphatic heterocycles. The van der Waals surface area contributed by atoms with Crippen molar-refractivity contribution in [1.29, 1.82) is 0 Å². The minimum Gasteiger partial charge on any atom is -0.384 e. The Morgan fingerprint density at radius 1 is 1.23 bits per heavy atom. The largest absolute Gasteiger partial charge is 0.384 e. The highest BCUT2D eigenvalue weighted by Gasteiger charge is 1.99. The number of pyridine rings is 1. The fourth-order valence-corrected chi connectivity index (χ4v) is 1.30. The van der Waals surface area contributed by atoms with Gasteiger partial charge in [0.05, 0.1) is 0 Å². The van der Waals surface area contributed by atoms with Crippen molar-refractivity contribution in [2.75, 3.05) is 11.5 Å². The molecule has 13 heavy (non-hydrogen) atoms. The van der Waals surface area contributed by atoms with Crippen LogP contribution in [-0.2, 0) is 6.42 Å². The summed E-state index contributed by atoms with van der Waals surface area (Å²) in [7, 11) is 0. The predicted octanol–water partition coefficient (Wildman–Crippen LogP) is 1.98. The number of hydrogen-bond donors (Lipinski definition) is 2. The second kappa shape index (κ2) is 4.70. The molecular weight excluding hydrogens is 162 g/mol. The Bertz CT molecular complexity index is 271. The molecule has 0 saturated carbocycles. The van der Waals surface area contributed by atoms with E-state index in [-0.39, 0.29) is 0 Å². The molecule has 0 fully saturated rings. The van der Waals surface area contributed by atoms with Crippen LogP contribution in [0.5, 0.6) is 0 Å². The molecule has 1 heterocycles. The Morgan fingerprint density at radius 2 is 2.00 bits per heavy atom. The molecule has 1 aromatic rings. The quantitative estimate of drug-likeness (QED) is 0.694. The fraction of sp³-hybridized carbons (Fsp3) is 0.500. The zero-order valence-electron chi connectivity index (χ0n) is 8.09. The first-order chi connectivity index (χ1) is 6.24. The van der Waals surface area contributed by atoms with Gasteiger partial charge in [-0.25, -0.2) is 4.98 Å². The van der Waals surface area contributed by atoms with Crippen molar-refractivity contribution in [2.24, 2.45) is 0 Å². The molecular formula is C10H17N3. The van der Waals surface area contributed by atoms with Crippen LogP contribution >= 0.6 is 0 Å². The van der Waals surface area contributed by atoms with Crippen LogP contribution in [0.25, 0.3) is 0 Å². The number of nitrogens with zero attached hydrogens (tertiary/aromatic N) is 1. The number of unbranched alkanes of at least 4 members (excludes halogenated alkanes) is 2. The molecule has 0 amide bonds. The number of anilines is 2. The van der Waals surface area contributed by atoms with E-state index < -0.39 is 0 Å². The van der Waals surface area contributed by atoms with Gasteiger partial charge in [0.1, 0.15) is 11.6 Å². The summed E-state index contributed by atoms with van der Waals surface area (Å²) in [6, 6.07) is 3.77. The van der Waals surface area contributed by atoms with Gasteiger partial charge in [-0.2, -0.15) is 0 Å². The zero-order valence-corrected chi connectivity index (χ0v) is 8.09. The van der Waals surface area contributed by atoms with Gasteiger partial charge in [0.15, 0.2) is 0 Å². The van der Waals surface area contributed by atoms with Gasteiger partial charge in [-0.15, -0.1) is 0 Å². The van der Waals surface area contributed by atoms with Crippen LogP contribution in [0.15, 0.2) is 12.1 Å². The first-order valence-electron chi connectivity index (χ1n) is 4.75. The summed E-state index contributed by atoms with van der Waals surface area (Å²) < 4.78 is 0. The molecule has 4 N–H and O–H groups in total. The minimum absolute atomic E-state index is 0.497. The van der Waals surface area contributed by atoms with Crippen molar-refractivity contribution >= 4 is 11.6 Å². The molecule has 0 atom stereocenters. The third-order valence-electron chi connectivity index (χ3n) is 2.08. The van der Waals surface area contributed by atoms with E-state index in [2.05, 4.69) is 11.9 Å².